The van der Waals surface area contributed by atoms with Gasteiger partial charge in [0, 0.05) is 24.0 Å². The number of benzene rings is 1. The summed E-state index contributed by atoms with van der Waals surface area (Å²) in [5.41, 5.74) is 1.41. The average Bonchev–Trinajstić information content (AvgIpc) is 2.38. The molecule has 0 saturated heterocycles. The molecule has 0 spiro atoms. The van der Waals surface area contributed by atoms with Crippen LogP contribution in [0, 0.1) is 12.8 Å². The highest BCUT2D eigenvalue weighted by Gasteiger charge is 2.28. The second-order valence-corrected chi connectivity index (χ2v) is 8.49. The highest BCUT2D eigenvalue weighted by atomic mass is 35.5. The fourth-order valence-electron chi connectivity index (χ4n) is 2.34. The summed E-state index contributed by atoms with van der Waals surface area (Å²) in [6.45, 7) is 7.84. The molecule has 1 rings (SSSR count). The predicted octanol–water partition coefficient (Wildman–Crippen LogP) is 4.44. The third kappa shape index (κ3) is 4.35. The van der Waals surface area contributed by atoms with E-state index < -0.39 is 10.0 Å². The minimum atomic E-state index is -3.58. The van der Waals surface area contributed by atoms with E-state index in [0.717, 1.165) is 12.0 Å². The van der Waals surface area contributed by atoms with Crippen LogP contribution in [0.1, 0.15) is 38.3 Å². The van der Waals surface area contributed by atoms with Crippen LogP contribution in [0.5, 0.6) is 0 Å². The number of sulfonamides is 1. The van der Waals surface area contributed by atoms with Gasteiger partial charge < -0.3 is 0 Å². The Balaban J connectivity index is 3.28. The van der Waals surface area contributed by atoms with Gasteiger partial charge in [-0.2, -0.15) is 4.31 Å². The standard InChI is InChI=1S/C15H23Cl2NO2S/c1-10(2)6-11(3)18(5)21(19,20)15-8-14(17)7-13(9-16)12(15)4/h7-8,10-11H,6,9H2,1-5H3. The number of rotatable bonds is 6. The number of halogens is 2. The first-order chi connectivity index (χ1) is 9.61. The molecular weight excluding hydrogens is 329 g/mol. The number of alkyl halides is 1. The van der Waals surface area contributed by atoms with E-state index in [1.807, 2.05) is 6.92 Å². The molecule has 0 aliphatic carbocycles. The van der Waals surface area contributed by atoms with Crippen molar-refractivity contribution in [3.05, 3.63) is 28.3 Å². The molecule has 1 unspecified atom stereocenters. The molecule has 3 nitrogen and oxygen atoms in total. The lowest BCUT2D eigenvalue weighted by Crippen LogP contribution is -2.36. The SMILES string of the molecule is Cc1c(CCl)cc(Cl)cc1S(=O)(=O)N(C)C(C)CC(C)C. The Bertz CT molecular complexity index is 600. The molecule has 0 fully saturated rings. The lowest BCUT2D eigenvalue weighted by atomic mass is 10.1. The van der Waals surface area contributed by atoms with Gasteiger partial charge in [-0.15, -0.1) is 11.6 Å². The monoisotopic (exact) mass is 351 g/mol. The summed E-state index contributed by atoms with van der Waals surface area (Å²) in [4.78, 5) is 0.240. The fourth-order valence-corrected chi connectivity index (χ4v) is 4.58. The van der Waals surface area contributed by atoms with Crippen molar-refractivity contribution in [1.82, 2.24) is 4.31 Å². The number of hydrogen-bond donors (Lipinski definition) is 0. The van der Waals surface area contributed by atoms with Crippen molar-refractivity contribution in [3.63, 3.8) is 0 Å². The second-order valence-electron chi connectivity index (χ2n) is 5.82. The first kappa shape index (κ1) is 18.8. The molecule has 120 valence electrons. The van der Waals surface area contributed by atoms with Crippen molar-refractivity contribution in [2.24, 2.45) is 5.92 Å². The molecular formula is C15H23Cl2NO2S. The van der Waals surface area contributed by atoms with Crippen molar-refractivity contribution in [2.75, 3.05) is 7.05 Å². The molecule has 1 aromatic rings. The molecule has 0 N–H and O–H groups in total. The molecule has 1 aromatic carbocycles. The highest BCUT2D eigenvalue weighted by Crippen LogP contribution is 2.29. The Labute approximate surface area is 138 Å². The van der Waals surface area contributed by atoms with E-state index in [0.29, 0.717) is 16.5 Å². The molecule has 0 bridgehead atoms. The van der Waals surface area contributed by atoms with Gasteiger partial charge in [0.2, 0.25) is 10.0 Å². The van der Waals surface area contributed by atoms with Gasteiger partial charge >= 0.3 is 0 Å². The molecule has 0 radical (unpaired) electrons. The summed E-state index contributed by atoms with van der Waals surface area (Å²) in [6, 6.07) is 3.13. The first-order valence-corrected chi connectivity index (χ1v) is 9.29. The Hall–Kier alpha value is -0.290. The van der Waals surface area contributed by atoms with E-state index in [1.54, 1.807) is 20.0 Å². The minimum Gasteiger partial charge on any atom is -0.207 e. The van der Waals surface area contributed by atoms with E-state index >= 15 is 0 Å². The maximum absolute atomic E-state index is 12.8. The van der Waals surface area contributed by atoms with Crippen LogP contribution in [-0.4, -0.2) is 25.8 Å². The van der Waals surface area contributed by atoms with Crippen LogP contribution >= 0.6 is 23.2 Å². The van der Waals surface area contributed by atoms with Crippen LogP contribution < -0.4 is 0 Å². The Morgan fingerprint density at radius 1 is 1.24 bits per heavy atom. The van der Waals surface area contributed by atoms with E-state index in [9.17, 15) is 8.42 Å². The van der Waals surface area contributed by atoms with E-state index in [-0.39, 0.29) is 16.8 Å². The third-order valence-electron chi connectivity index (χ3n) is 3.67. The zero-order chi connectivity index (χ0) is 16.4. The van der Waals surface area contributed by atoms with Crippen molar-refractivity contribution in [1.29, 1.82) is 0 Å². The normalized spacial score (nSPS) is 14.0. The van der Waals surface area contributed by atoms with Crippen molar-refractivity contribution >= 4 is 33.2 Å². The molecule has 0 aliphatic rings. The van der Waals surface area contributed by atoms with Crippen LogP contribution in [0.4, 0.5) is 0 Å². The maximum Gasteiger partial charge on any atom is 0.243 e. The molecule has 0 saturated carbocycles. The van der Waals surface area contributed by atoms with Crippen LogP contribution in [-0.2, 0) is 15.9 Å². The Morgan fingerprint density at radius 2 is 1.81 bits per heavy atom. The molecule has 21 heavy (non-hydrogen) atoms. The third-order valence-corrected chi connectivity index (χ3v) is 6.27. The molecule has 0 heterocycles. The number of hydrogen-bond acceptors (Lipinski definition) is 2. The molecule has 0 amide bonds. The van der Waals surface area contributed by atoms with Gasteiger partial charge in [0.25, 0.3) is 0 Å². The smallest absolute Gasteiger partial charge is 0.207 e. The van der Waals surface area contributed by atoms with Gasteiger partial charge in [-0.25, -0.2) is 8.42 Å². The zero-order valence-corrected chi connectivity index (χ0v) is 15.5. The summed E-state index contributed by atoms with van der Waals surface area (Å²) >= 11 is 11.9. The lowest BCUT2D eigenvalue weighted by Gasteiger charge is -2.26. The zero-order valence-electron chi connectivity index (χ0n) is 13.2. The van der Waals surface area contributed by atoms with Gasteiger partial charge in [0.15, 0.2) is 0 Å². The second kappa shape index (κ2) is 7.32. The van der Waals surface area contributed by atoms with Gasteiger partial charge in [-0.1, -0.05) is 25.4 Å². The molecule has 6 heteroatoms. The fraction of sp³-hybridized carbons (Fsp3) is 0.600. The van der Waals surface area contributed by atoms with Crippen molar-refractivity contribution < 1.29 is 8.42 Å². The maximum atomic E-state index is 12.8. The van der Waals surface area contributed by atoms with Crippen LogP contribution in [0.3, 0.4) is 0 Å². The van der Waals surface area contributed by atoms with E-state index in [1.165, 1.54) is 10.4 Å². The number of nitrogens with zero attached hydrogens (tertiary/aromatic N) is 1. The van der Waals surface area contributed by atoms with Crippen molar-refractivity contribution in [3.8, 4) is 0 Å². The quantitative estimate of drug-likeness (QED) is 0.710. The molecule has 0 aliphatic heterocycles. The average molecular weight is 352 g/mol. The van der Waals surface area contributed by atoms with Crippen LogP contribution in [0.25, 0.3) is 0 Å². The topological polar surface area (TPSA) is 37.4 Å². The van der Waals surface area contributed by atoms with Crippen molar-refractivity contribution in [2.45, 2.75) is 50.9 Å². The summed E-state index contributed by atoms with van der Waals surface area (Å²) in [6.07, 6.45) is 0.803. The minimum absolute atomic E-state index is 0.0761. The summed E-state index contributed by atoms with van der Waals surface area (Å²) in [5, 5.41) is 0.389. The summed E-state index contributed by atoms with van der Waals surface area (Å²) < 4.78 is 27.1. The van der Waals surface area contributed by atoms with Crippen LogP contribution in [0.2, 0.25) is 5.02 Å². The molecule has 0 aromatic heterocycles. The Kier molecular flexibility index (Phi) is 6.54. The van der Waals surface area contributed by atoms with E-state index in [4.69, 9.17) is 23.2 Å². The summed E-state index contributed by atoms with van der Waals surface area (Å²) in [7, 11) is -1.97. The van der Waals surface area contributed by atoms with Gasteiger partial charge in [0.1, 0.15) is 0 Å². The first-order valence-electron chi connectivity index (χ1n) is 6.94. The van der Waals surface area contributed by atoms with Crippen LogP contribution in [0.15, 0.2) is 17.0 Å². The van der Waals surface area contributed by atoms with Gasteiger partial charge in [0.05, 0.1) is 4.90 Å². The molecule has 1 atom stereocenters. The lowest BCUT2D eigenvalue weighted by molar-refractivity contribution is 0.337. The van der Waals surface area contributed by atoms with Gasteiger partial charge in [-0.3, -0.25) is 0 Å². The Morgan fingerprint density at radius 3 is 2.29 bits per heavy atom. The van der Waals surface area contributed by atoms with E-state index in [2.05, 4.69) is 13.8 Å². The van der Waals surface area contributed by atoms with Gasteiger partial charge in [-0.05, 0) is 49.4 Å². The predicted molar refractivity (Wildman–Crippen MR) is 89.6 cm³/mol. The largest absolute Gasteiger partial charge is 0.243 e. The summed E-state index contributed by atoms with van der Waals surface area (Å²) in [5.74, 6) is 0.664. The highest BCUT2D eigenvalue weighted by molar-refractivity contribution is 7.89.